The minimum absolute atomic E-state index is 0.247. The standard InChI is InChI=1S/C14H22O7/c1-2-3-4-5-6-7-10(16)20-8-9(15)13-11(17)12(18)14(19)21-13/h9,12-13,15,18H,2-8H2,1H3/t9-,12?,13+/m0/s1. The molecule has 2 N–H and O–H groups in total. The van der Waals surface area contributed by atoms with Crippen molar-refractivity contribution in [3.05, 3.63) is 0 Å². The predicted octanol–water partition coefficient (Wildman–Crippen LogP) is 0.106. The largest absolute Gasteiger partial charge is 0.463 e. The highest BCUT2D eigenvalue weighted by Gasteiger charge is 2.46. The maximum absolute atomic E-state index is 11.4. The number of esters is 2. The summed E-state index contributed by atoms with van der Waals surface area (Å²) in [5.41, 5.74) is 0. The van der Waals surface area contributed by atoms with Crippen LogP contribution in [0.3, 0.4) is 0 Å². The number of Topliss-reactive ketones (excluding diaryl/α,β-unsaturated/α-hetero) is 1. The van der Waals surface area contributed by atoms with Gasteiger partial charge in [-0.15, -0.1) is 0 Å². The van der Waals surface area contributed by atoms with Crippen LogP contribution in [0.1, 0.15) is 45.4 Å². The molecule has 0 bridgehead atoms. The van der Waals surface area contributed by atoms with Gasteiger partial charge in [-0.1, -0.05) is 32.6 Å². The number of carbonyl (C=O) groups is 3. The monoisotopic (exact) mass is 302 g/mol. The number of hydrogen-bond acceptors (Lipinski definition) is 7. The molecule has 0 saturated carbocycles. The van der Waals surface area contributed by atoms with Crippen LogP contribution in [0, 0.1) is 0 Å². The summed E-state index contributed by atoms with van der Waals surface area (Å²) < 4.78 is 9.35. The Bertz CT molecular complexity index is 380. The van der Waals surface area contributed by atoms with Gasteiger partial charge in [-0.05, 0) is 6.42 Å². The van der Waals surface area contributed by atoms with Gasteiger partial charge < -0.3 is 19.7 Å². The van der Waals surface area contributed by atoms with Gasteiger partial charge in [0, 0.05) is 6.42 Å². The average molecular weight is 302 g/mol. The Hall–Kier alpha value is -1.47. The molecule has 0 aliphatic carbocycles. The number of ketones is 1. The maximum atomic E-state index is 11.4. The highest BCUT2D eigenvalue weighted by Crippen LogP contribution is 2.15. The number of aliphatic hydroxyl groups is 2. The van der Waals surface area contributed by atoms with E-state index in [1.807, 2.05) is 0 Å². The molecule has 0 amide bonds. The van der Waals surface area contributed by atoms with Gasteiger partial charge in [0.2, 0.25) is 11.9 Å². The molecule has 7 heteroatoms. The van der Waals surface area contributed by atoms with E-state index in [2.05, 4.69) is 11.7 Å². The number of rotatable bonds is 9. The molecule has 1 fully saturated rings. The quantitative estimate of drug-likeness (QED) is 0.353. The van der Waals surface area contributed by atoms with Crippen molar-refractivity contribution >= 4 is 17.7 Å². The van der Waals surface area contributed by atoms with E-state index in [1.54, 1.807) is 0 Å². The summed E-state index contributed by atoms with van der Waals surface area (Å²) >= 11 is 0. The van der Waals surface area contributed by atoms with Crippen molar-refractivity contribution in [1.29, 1.82) is 0 Å². The van der Waals surface area contributed by atoms with Crippen LogP contribution in [0.25, 0.3) is 0 Å². The van der Waals surface area contributed by atoms with Gasteiger partial charge in [0.05, 0.1) is 0 Å². The Labute approximate surface area is 123 Å². The van der Waals surface area contributed by atoms with E-state index >= 15 is 0 Å². The molecule has 7 nitrogen and oxygen atoms in total. The summed E-state index contributed by atoms with van der Waals surface area (Å²) in [6.45, 7) is 1.66. The Kier molecular flexibility index (Phi) is 7.31. The van der Waals surface area contributed by atoms with Gasteiger partial charge in [-0.2, -0.15) is 0 Å². The van der Waals surface area contributed by atoms with Crippen molar-refractivity contribution in [2.45, 2.75) is 63.8 Å². The molecule has 120 valence electrons. The third-order valence-corrected chi connectivity index (χ3v) is 3.27. The van der Waals surface area contributed by atoms with Crippen molar-refractivity contribution in [2.75, 3.05) is 6.61 Å². The maximum Gasteiger partial charge on any atom is 0.343 e. The zero-order chi connectivity index (χ0) is 15.8. The fraction of sp³-hybridized carbons (Fsp3) is 0.786. The lowest BCUT2D eigenvalue weighted by Crippen LogP contribution is -2.38. The van der Waals surface area contributed by atoms with Crippen LogP contribution in [-0.4, -0.2) is 52.9 Å². The van der Waals surface area contributed by atoms with Crippen LogP contribution in [-0.2, 0) is 23.9 Å². The number of unbranched alkanes of at least 4 members (excludes halogenated alkanes) is 4. The Morgan fingerprint density at radius 2 is 1.95 bits per heavy atom. The molecule has 0 aromatic rings. The number of hydrogen-bond donors (Lipinski definition) is 2. The molecule has 1 aliphatic rings. The van der Waals surface area contributed by atoms with Crippen LogP contribution in [0.5, 0.6) is 0 Å². The Morgan fingerprint density at radius 3 is 2.52 bits per heavy atom. The highest BCUT2D eigenvalue weighted by atomic mass is 16.6. The van der Waals surface area contributed by atoms with Crippen LogP contribution < -0.4 is 0 Å². The average Bonchev–Trinajstić information content (AvgIpc) is 2.72. The molecular weight excluding hydrogens is 280 g/mol. The topological polar surface area (TPSA) is 110 Å². The zero-order valence-electron chi connectivity index (χ0n) is 12.1. The smallest absolute Gasteiger partial charge is 0.343 e. The molecule has 0 aromatic heterocycles. The second-order valence-electron chi connectivity index (χ2n) is 5.08. The van der Waals surface area contributed by atoms with Crippen LogP contribution >= 0.6 is 0 Å². The second-order valence-corrected chi connectivity index (χ2v) is 5.08. The van der Waals surface area contributed by atoms with E-state index in [1.165, 1.54) is 0 Å². The van der Waals surface area contributed by atoms with Gasteiger partial charge in [-0.25, -0.2) is 4.79 Å². The predicted molar refractivity (Wildman–Crippen MR) is 71.2 cm³/mol. The van der Waals surface area contributed by atoms with E-state index < -0.39 is 42.6 Å². The second kappa shape index (κ2) is 8.74. The molecule has 1 unspecified atom stereocenters. The first-order chi connectivity index (χ1) is 9.97. The van der Waals surface area contributed by atoms with Gasteiger partial charge in [0.15, 0.2) is 6.10 Å². The van der Waals surface area contributed by atoms with Crippen molar-refractivity contribution < 1.29 is 34.1 Å². The van der Waals surface area contributed by atoms with Gasteiger partial charge in [-0.3, -0.25) is 9.59 Å². The minimum atomic E-state index is -1.86. The first-order valence-electron chi connectivity index (χ1n) is 7.23. The number of aliphatic hydroxyl groups excluding tert-OH is 2. The highest BCUT2D eigenvalue weighted by molar-refractivity contribution is 6.09. The summed E-state index contributed by atoms with van der Waals surface area (Å²) in [5, 5.41) is 18.8. The molecule has 21 heavy (non-hydrogen) atoms. The molecular formula is C14H22O7. The Balaban J connectivity index is 2.21. The summed E-state index contributed by atoms with van der Waals surface area (Å²) in [6, 6.07) is 0. The van der Waals surface area contributed by atoms with Gasteiger partial charge >= 0.3 is 11.9 Å². The van der Waals surface area contributed by atoms with Crippen LogP contribution in [0.4, 0.5) is 0 Å². The molecule has 1 rings (SSSR count). The third-order valence-electron chi connectivity index (χ3n) is 3.27. The third kappa shape index (κ3) is 5.43. The SMILES string of the molecule is CCCCCCCC(=O)OC[C@H](O)[C@H]1OC(=O)C(O)C1=O. The molecule has 1 aliphatic heterocycles. The minimum Gasteiger partial charge on any atom is -0.463 e. The summed E-state index contributed by atoms with van der Waals surface area (Å²) in [7, 11) is 0. The van der Waals surface area contributed by atoms with E-state index in [9.17, 15) is 19.5 Å². The van der Waals surface area contributed by atoms with Crippen molar-refractivity contribution in [1.82, 2.24) is 0 Å². The first kappa shape index (κ1) is 17.6. The van der Waals surface area contributed by atoms with Crippen molar-refractivity contribution in [2.24, 2.45) is 0 Å². The van der Waals surface area contributed by atoms with Crippen LogP contribution in [0.2, 0.25) is 0 Å². The lowest BCUT2D eigenvalue weighted by atomic mass is 10.1. The van der Waals surface area contributed by atoms with Crippen molar-refractivity contribution in [3.8, 4) is 0 Å². The lowest BCUT2D eigenvalue weighted by molar-refractivity contribution is -0.156. The lowest BCUT2D eigenvalue weighted by Gasteiger charge is -2.15. The summed E-state index contributed by atoms with van der Waals surface area (Å²) in [6.07, 6.45) is 0.434. The zero-order valence-corrected chi connectivity index (χ0v) is 12.1. The van der Waals surface area contributed by atoms with Crippen LogP contribution in [0.15, 0.2) is 0 Å². The fourth-order valence-electron chi connectivity index (χ4n) is 2.00. The molecule has 0 aromatic carbocycles. The molecule has 1 heterocycles. The fourth-order valence-corrected chi connectivity index (χ4v) is 2.00. The van der Waals surface area contributed by atoms with Gasteiger partial charge in [0.1, 0.15) is 12.7 Å². The molecule has 1 saturated heterocycles. The van der Waals surface area contributed by atoms with E-state index in [-0.39, 0.29) is 6.42 Å². The first-order valence-corrected chi connectivity index (χ1v) is 7.23. The number of ether oxygens (including phenoxy) is 2. The normalized spacial score (nSPS) is 23.0. The van der Waals surface area contributed by atoms with E-state index in [0.717, 1.165) is 25.7 Å². The van der Waals surface area contributed by atoms with E-state index in [0.29, 0.717) is 6.42 Å². The Morgan fingerprint density at radius 1 is 1.29 bits per heavy atom. The number of carbonyl (C=O) groups excluding carboxylic acids is 3. The molecule has 0 radical (unpaired) electrons. The number of cyclic esters (lactones) is 1. The van der Waals surface area contributed by atoms with E-state index in [4.69, 9.17) is 9.84 Å². The molecule has 3 atom stereocenters. The summed E-state index contributed by atoms with van der Waals surface area (Å²) in [5.74, 6) is -2.47. The van der Waals surface area contributed by atoms with Gasteiger partial charge in [0.25, 0.3) is 0 Å². The summed E-state index contributed by atoms with van der Waals surface area (Å²) in [4.78, 5) is 33.8. The molecule has 0 spiro atoms. The van der Waals surface area contributed by atoms with Crippen molar-refractivity contribution in [3.63, 3.8) is 0 Å².